The summed E-state index contributed by atoms with van der Waals surface area (Å²) in [7, 11) is 0. The minimum atomic E-state index is -4.32. The molecule has 2 aromatic rings. The Labute approximate surface area is 172 Å². The van der Waals surface area contributed by atoms with Crippen LogP contribution in [0.15, 0.2) is 59.5 Å². The van der Waals surface area contributed by atoms with Gasteiger partial charge < -0.3 is 9.84 Å². The molecule has 0 amide bonds. The van der Waals surface area contributed by atoms with Crippen molar-refractivity contribution in [2.75, 3.05) is 12.4 Å². The lowest BCUT2D eigenvalue weighted by Crippen LogP contribution is -2.10. The molecule has 2 rings (SSSR count). The second kappa shape index (κ2) is 10.4. The molecule has 0 aliphatic carbocycles. The molecule has 7 heteroatoms. The molecule has 2 aromatic carbocycles. The molecule has 1 N–H and O–H groups in total. The third-order valence-corrected chi connectivity index (χ3v) is 5.40. The molecule has 29 heavy (non-hydrogen) atoms. The zero-order chi connectivity index (χ0) is 21.4. The van der Waals surface area contributed by atoms with Crippen LogP contribution in [0.2, 0.25) is 0 Å². The van der Waals surface area contributed by atoms with Gasteiger partial charge in [-0.05, 0) is 60.7 Å². The fraction of sp³-hybridized carbons (Fsp3) is 0.318. The standard InChI is InChI=1S/C22H23F3O3S/c1-3-17-12-19(10-11-20(17)28-13-21(26)27)29-14-15(2)4-5-16-6-8-18(9-7-16)22(23,24)25/h6-12H,2-5,13-14H2,1H3,(H,26,27). The summed E-state index contributed by atoms with van der Waals surface area (Å²) >= 11 is 1.61. The molecule has 0 spiro atoms. The van der Waals surface area contributed by atoms with E-state index in [1.54, 1.807) is 17.8 Å². The van der Waals surface area contributed by atoms with Crippen LogP contribution < -0.4 is 4.74 Å². The number of aliphatic carboxylic acids is 1. The van der Waals surface area contributed by atoms with Crippen molar-refractivity contribution in [2.45, 2.75) is 37.3 Å². The highest BCUT2D eigenvalue weighted by molar-refractivity contribution is 7.99. The highest BCUT2D eigenvalue weighted by Gasteiger charge is 2.29. The quantitative estimate of drug-likeness (QED) is 0.375. The third kappa shape index (κ3) is 7.49. The molecule has 0 aromatic heterocycles. The smallest absolute Gasteiger partial charge is 0.416 e. The van der Waals surface area contributed by atoms with Crippen molar-refractivity contribution in [3.8, 4) is 5.75 Å². The predicted molar refractivity (Wildman–Crippen MR) is 109 cm³/mol. The first-order valence-electron chi connectivity index (χ1n) is 9.12. The second-order valence-electron chi connectivity index (χ2n) is 6.54. The van der Waals surface area contributed by atoms with Gasteiger partial charge in [-0.1, -0.05) is 31.2 Å². The van der Waals surface area contributed by atoms with Crippen molar-refractivity contribution in [3.05, 3.63) is 71.3 Å². The summed E-state index contributed by atoms with van der Waals surface area (Å²) in [5.41, 5.74) is 2.14. The Kier molecular flexibility index (Phi) is 8.20. The average Bonchev–Trinajstić information content (AvgIpc) is 2.68. The van der Waals surface area contributed by atoms with Crippen molar-refractivity contribution >= 4 is 17.7 Å². The zero-order valence-corrected chi connectivity index (χ0v) is 16.9. The third-order valence-electron chi connectivity index (χ3n) is 4.26. The summed E-state index contributed by atoms with van der Waals surface area (Å²) in [6.45, 7) is 5.66. The molecule has 0 bridgehead atoms. The van der Waals surface area contributed by atoms with Gasteiger partial charge in [-0.25, -0.2) is 4.79 Å². The van der Waals surface area contributed by atoms with E-state index < -0.39 is 17.7 Å². The molecule has 0 radical (unpaired) electrons. The van der Waals surface area contributed by atoms with E-state index >= 15 is 0 Å². The van der Waals surface area contributed by atoms with Gasteiger partial charge in [-0.3, -0.25) is 0 Å². The fourth-order valence-electron chi connectivity index (χ4n) is 2.64. The number of rotatable bonds is 10. The van der Waals surface area contributed by atoms with Crippen LogP contribution in [0.5, 0.6) is 5.75 Å². The Bertz CT molecular complexity index is 845. The second-order valence-corrected chi connectivity index (χ2v) is 7.59. The fourth-order valence-corrected chi connectivity index (χ4v) is 3.55. The maximum Gasteiger partial charge on any atom is 0.416 e. The molecule has 0 heterocycles. The van der Waals surface area contributed by atoms with E-state index in [1.807, 2.05) is 19.1 Å². The normalized spacial score (nSPS) is 11.3. The van der Waals surface area contributed by atoms with Crippen LogP contribution in [0.4, 0.5) is 13.2 Å². The van der Waals surface area contributed by atoms with Crippen LogP contribution in [0, 0.1) is 0 Å². The predicted octanol–water partition coefficient (Wildman–Crippen LogP) is 6.01. The number of carboxylic acid groups (broad SMARTS) is 1. The zero-order valence-electron chi connectivity index (χ0n) is 16.1. The lowest BCUT2D eigenvalue weighted by Gasteiger charge is -2.12. The highest BCUT2D eigenvalue weighted by atomic mass is 32.2. The number of ether oxygens (including phenoxy) is 1. The molecule has 0 saturated carbocycles. The monoisotopic (exact) mass is 424 g/mol. The van der Waals surface area contributed by atoms with Crippen LogP contribution in [0.1, 0.15) is 30.0 Å². The van der Waals surface area contributed by atoms with Gasteiger partial charge in [-0.2, -0.15) is 13.2 Å². The van der Waals surface area contributed by atoms with Gasteiger partial charge in [0.25, 0.3) is 0 Å². The molecule has 156 valence electrons. The number of hydrogen-bond acceptors (Lipinski definition) is 3. The Morgan fingerprint density at radius 3 is 2.45 bits per heavy atom. The first kappa shape index (κ1) is 22.9. The maximum absolute atomic E-state index is 12.6. The van der Waals surface area contributed by atoms with E-state index in [4.69, 9.17) is 9.84 Å². The van der Waals surface area contributed by atoms with Gasteiger partial charge >= 0.3 is 12.1 Å². The summed E-state index contributed by atoms with van der Waals surface area (Å²) in [4.78, 5) is 11.7. The summed E-state index contributed by atoms with van der Waals surface area (Å²) in [5, 5.41) is 8.73. The summed E-state index contributed by atoms with van der Waals surface area (Å²) in [6, 6.07) is 10.9. The first-order chi connectivity index (χ1) is 13.7. The van der Waals surface area contributed by atoms with Crippen LogP contribution in [0.25, 0.3) is 0 Å². The molecular weight excluding hydrogens is 401 g/mol. The van der Waals surface area contributed by atoms with Crippen molar-refractivity contribution < 1.29 is 27.8 Å². The molecule has 0 aliphatic heterocycles. The van der Waals surface area contributed by atoms with Crippen molar-refractivity contribution in [2.24, 2.45) is 0 Å². The van der Waals surface area contributed by atoms with Gasteiger partial charge in [0.15, 0.2) is 6.61 Å². The lowest BCUT2D eigenvalue weighted by atomic mass is 10.0. The number of benzene rings is 2. The average molecular weight is 424 g/mol. The molecule has 0 aliphatic rings. The molecule has 0 atom stereocenters. The number of hydrogen-bond donors (Lipinski definition) is 1. The largest absolute Gasteiger partial charge is 0.482 e. The minimum absolute atomic E-state index is 0.375. The molecule has 0 saturated heterocycles. The number of carboxylic acids is 1. The maximum atomic E-state index is 12.6. The minimum Gasteiger partial charge on any atom is -0.482 e. The molecule has 0 fully saturated rings. The molecular formula is C22H23F3O3S. The number of alkyl halides is 3. The van der Waals surface area contributed by atoms with Gasteiger partial charge in [0.1, 0.15) is 5.75 Å². The number of thioether (sulfide) groups is 1. The van der Waals surface area contributed by atoms with Gasteiger partial charge in [0.2, 0.25) is 0 Å². The first-order valence-corrected chi connectivity index (χ1v) is 10.1. The number of carbonyl (C=O) groups is 1. The Morgan fingerprint density at radius 1 is 1.17 bits per heavy atom. The highest BCUT2D eigenvalue weighted by Crippen LogP contribution is 2.30. The van der Waals surface area contributed by atoms with Gasteiger partial charge in [0.05, 0.1) is 5.56 Å². The van der Waals surface area contributed by atoms with Crippen LogP contribution in [-0.2, 0) is 23.8 Å². The van der Waals surface area contributed by atoms with Crippen molar-refractivity contribution in [1.82, 2.24) is 0 Å². The van der Waals surface area contributed by atoms with Crippen LogP contribution in [-0.4, -0.2) is 23.4 Å². The van der Waals surface area contributed by atoms with Gasteiger partial charge in [0, 0.05) is 10.6 Å². The van der Waals surface area contributed by atoms with E-state index in [0.717, 1.165) is 40.1 Å². The van der Waals surface area contributed by atoms with Crippen LogP contribution >= 0.6 is 11.8 Å². The summed E-state index contributed by atoms with van der Waals surface area (Å²) < 4.78 is 43.1. The lowest BCUT2D eigenvalue weighted by molar-refractivity contribution is -0.139. The molecule has 3 nitrogen and oxygen atoms in total. The Morgan fingerprint density at radius 2 is 1.86 bits per heavy atom. The number of halogens is 3. The van der Waals surface area contributed by atoms with E-state index in [-0.39, 0.29) is 6.61 Å². The topological polar surface area (TPSA) is 46.5 Å². The van der Waals surface area contributed by atoms with E-state index in [9.17, 15) is 18.0 Å². The van der Waals surface area contributed by atoms with E-state index in [1.165, 1.54) is 12.1 Å². The van der Waals surface area contributed by atoms with Crippen molar-refractivity contribution in [3.63, 3.8) is 0 Å². The molecule has 0 unspecified atom stereocenters. The summed E-state index contributed by atoms with van der Waals surface area (Å²) in [6.07, 6.45) is -2.26. The van der Waals surface area contributed by atoms with Gasteiger partial charge in [-0.15, -0.1) is 11.8 Å². The van der Waals surface area contributed by atoms with E-state index in [2.05, 4.69) is 6.58 Å². The Hall–Kier alpha value is -2.41. The Balaban J connectivity index is 1.85. The van der Waals surface area contributed by atoms with Crippen molar-refractivity contribution in [1.29, 1.82) is 0 Å². The van der Waals surface area contributed by atoms with Crippen LogP contribution in [0.3, 0.4) is 0 Å². The van der Waals surface area contributed by atoms with E-state index in [0.29, 0.717) is 24.3 Å². The summed E-state index contributed by atoms with van der Waals surface area (Å²) in [5.74, 6) is 0.245. The number of aryl methyl sites for hydroxylation is 2. The SMILES string of the molecule is C=C(CCc1ccc(C(F)(F)F)cc1)CSc1ccc(OCC(=O)O)c(CC)c1.